The standard InChI is InChI=1S/C17H22O2/c1-15(9-7-13-18)8-6-10-16(2)19-14-17-11-4-3-5-12-17/h3-5,11-12,16,18H,1,7,9-10,13-14H2,2H3. The third-order valence-corrected chi connectivity index (χ3v) is 2.67. The number of rotatable bonds is 7. The van der Waals surface area contributed by atoms with Gasteiger partial charge in [-0.1, -0.05) is 48.8 Å². The van der Waals surface area contributed by atoms with Crippen LogP contribution in [0.1, 0.15) is 31.7 Å². The molecule has 1 atom stereocenters. The van der Waals surface area contributed by atoms with Gasteiger partial charge in [-0.15, -0.1) is 0 Å². The number of aliphatic hydroxyl groups excluding tert-OH is 1. The Kier molecular flexibility index (Phi) is 7.65. The summed E-state index contributed by atoms with van der Waals surface area (Å²) in [4.78, 5) is 0. The highest BCUT2D eigenvalue weighted by Crippen LogP contribution is 2.05. The van der Waals surface area contributed by atoms with Crippen molar-refractivity contribution in [3.63, 3.8) is 0 Å². The maximum Gasteiger partial charge on any atom is 0.0720 e. The predicted molar refractivity (Wildman–Crippen MR) is 78.5 cm³/mol. The van der Waals surface area contributed by atoms with Crippen LogP contribution in [0.25, 0.3) is 0 Å². The van der Waals surface area contributed by atoms with Crippen molar-refractivity contribution in [2.75, 3.05) is 6.61 Å². The van der Waals surface area contributed by atoms with Gasteiger partial charge in [0.25, 0.3) is 0 Å². The fourth-order valence-corrected chi connectivity index (χ4v) is 1.55. The van der Waals surface area contributed by atoms with Crippen LogP contribution in [-0.2, 0) is 11.3 Å². The fourth-order valence-electron chi connectivity index (χ4n) is 1.55. The second-order valence-electron chi connectivity index (χ2n) is 4.54. The van der Waals surface area contributed by atoms with Gasteiger partial charge in [-0.05, 0) is 30.9 Å². The minimum atomic E-state index is 0.110. The number of ether oxygens (including phenoxy) is 1. The van der Waals surface area contributed by atoms with Crippen LogP contribution in [-0.4, -0.2) is 17.8 Å². The molecule has 0 radical (unpaired) electrons. The van der Waals surface area contributed by atoms with E-state index in [4.69, 9.17) is 9.84 Å². The van der Waals surface area contributed by atoms with Gasteiger partial charge in [-0.2, -0.15) is 0 Å². The van der Waals surface area contributed by atoms with E-state index in [1.54, 1.807) is 0 Å². The molecule has 0 heterocycles. The van der Waals surface area contributed by atoms with E-state index in [0.29, 0.717) is 13.0 Å². The summed E-state index contributed by atoms with van der Waals surface area (Å²) in [5.41, 5.74) is 2.05. The van der Waals surface area contributed by atoms with Crippen molar-refractivity contribution >= 4 is 0 Å². The molecule has 0 bridgehead atoms. The van der Waals surface area contributed by atoms with E-state index in [9.17, 15) is 0 Å². The first kappa shape index (κ1) is 15.5. The van der Waals surface area contributed by atoms with Gasteiger partial charge in [0, 0.05) is 13.0 Å². The van der Waals surface area contributed by atoms with E-state index >= 15 is 0 Å². The van der Waals surface area contributed by atoms with E-state index in [-0.39, 0.29) is 12.7 Å². The lowest BCUT2D eigenvalue weighted by Crippen LogP contribution is -2.06. The van der Waals surface area contributed by atoms with Crippen molar-refractivity contribution in [1.29, 1.82) is 0 Å². The Morgan fingerprint density at radius 3 is 2.79 bits per heavy atom. The molecule has 0 aliphatic rings. The Morgan fingerprint density at radius 2 is 2.11 bits per heavy atom. The van der Waals surface area contributed by atoms with Gasteiger partial charge < -0.3 is 9.84 Å². The van der Waals surface area contributed by atoms with E-state index in [1.807, 2.05) is 25.1 Å². The minimum absolute atomic E-state index is 0.110. The summed E-state index contributed by atoms with van der Waals surface area (Å²) in [6.45, 7) is 6.69. The summed E-state index contributed by atoms with van der Waals surface area (Å²) in [6, 6.07) is 10.1. The monoisotopic (exact) mass is 258 g/mol. The first-order chi connectivity index (χ1) is 9.22. The van der Waals surface area contributed by atoms with Crippen LogP contribution in [0.15, 0.2) is 42.5 Å². The topological polar surface area (TPSA) is 29.5 Å². The summed E-state index contributed by atoms with van der Waals surface area (Å²) in [5, 5.41) is 8.70. The third-order valence-electron chi connectivity index (χ3n) is 2.67. The molecule has 102 valence electrons. The normalized spacial score (nSPS) is 11.5. The molecule has 0 aliphatic carbocycles. The lowest BCUT2D eigenvalue weighted by Gasteiger charge is -2.09. The van der Waals surface area contributed by atoms with E-state index in [2.05, 4.69) is 30.6 Å². The first-order valence-electron chi connectivity index (χ1n) is 6.65. The number of benzene rings is 1. The Hall–Kier alpha value is -1.56. The highest BCUT2D eigenvalue weighted by Gasteiger charge is 2.00. The van der Waals surface area contributed by atoms with Gasteiger partial charge >= 0.3 is 0 Å². The molecule has 0 amide bonds. The Bertz CT molecular complexity index is 426. The van der Waals surface area contributed by atoms with Gasteiger partial charge in [0.15, 0.2) is 0 Å². The minimum Gasteiger partial charge on any atom is -0.396 e. The van der Waals surface area contributed by atoms with Crippen molar-refractivity contribution in [2.24, 2.45) is 0 Å². The van der Waals surface area contributed by atoms with Crippen molar-refractivity contribution in [3.8, 4) is 11.8 Å². The van der Waals surface area contributed by atoms with E-state index in [0.717, 1.165) is 18.4 Å². The van der Waals surface area contributed by atoms with Crippen molar-refractivity contribution in [3.05, 3.63) is 48.0 Å². The zero-order valence-corrected chi connectivity index (χ0v) is 11.6. The summed E-state index contributed by atoms with van der Waals surface area (Å²) < 4.78 is 5.72. The second-order valence-corrected chi connectivity index (χ2v) is 4.54. The third kappa shape index (κ3) is 7.46. The second kappa shape index (κ2) is 9.38. The summed E-state index contributed by atoms with van der Waals surface area (Å²) in [6.07, 6.45) is 2.31. The summed E-state index contributed by atoms with van der Waals surface area (Å²) in [5.74, 6) is 6.08. The van der Waals surface area contributed by atoms with Crippen LogP contribution >= 0.6 is 0 Å². The lowest BCUT2D eigenvalue weighted by molar-refractivity contribution is 0.0566. The molecule has 1 unspecified atom stereocenters. The number of hydrogen-bond donors (Lipinski definition) is 1. The molecule has 0 saturated carbocycles. The van der Waals surface area contributed by atoms with Crippen LogP contribution in [0.2, 0.25) is 0 Å². The van der Waals surface area contributed by atoms with Gasteiger partial charge in [0.2, 0.25) is 0 Å². The molecular formula is C17H22O2. The van der Waals surface area contributed by atoms with Gasteiger partial charge in [-0.25, -0.2) is 0 Å². The molecule has 1 N–H and O–H groups in total. The lowest BCUT2D eigenvalue weighted by atomic mass is 10.1. The molecule has 1 aromatic carbocycles. The molecular weight excluding hydrogens is 236 g/mol. The molecule has 1 aromatic rings. The van der Waals surface area contributed by atoms with Crippen LogP contribution in [0.3, 0.4) is 0 Å². The summed E-state index contributed by atoms with van der Waals surface area (Å²) >= 11 is 0. The highest BCUT2D eigenvalue weighted by molar-refractivity contribution is 5.25. The van der Waals surface area contributed by atoms with Gasteiger partial charge in [0.1, 0.15) is 0 Å². The molecule has 0 aromatic heterocycles. The molecule has 0 spiro atoms. The number of hydrogen-bond acceptors (Lipinski definition) is 2. The molecule has 2 nitrogen and oxygen atoms in total. The van der Waals surface area contributed by atoms with E-state index < -0.39 is 0 Å². The molecule has 1 rings (SSSR count). The Labute approximate surface area is 116 Å². The molecule has 0 saturated heterocycles. The van der Waals surface area contributed by atoms with E-state index in [1.165, 1.54) is 5.56 Å². The quantitative estimate of drug-likeness (QED) is 0.760. The maximum absolute atomic E-state index is 8.70. The Balaban J connectivity index is 2.23. The highest BCUT2D eigenvalue weighted by atomic mass is 16.5. The van der Waals surface area contributed by atoms with Crippen LogP contribution < -0.4 is 0 Å². The average molecular weight is 258 g/mol. The van der Waals surface area contributed by atoms with Crippen molar-refractivity contribution in [2.45, 2.75) is 38.9 Å². The fraction of sp³-hybridized carbons (Fsp3) is 0.412. The average Bonchev–Trinajstić information content (AvgIpc) is 2.44. The van der Waals surface area contributed by atoms with Gasteiger partial charge in [-0.3, -0.25) is 0 Å². The van der Waals surface area contributed by atoms with Crippen LogP contribution in [0.5, 0.6) is 0 Å². The number of aliphatic hydroxyl groups is 1. The van der Waals surface area contributed by atoms with Crippen molar-refractivity contribution in [1.82, 2.24) is 0 Å². The SMILES string of the molecule is C=C(C#CCC(C)OCc1ccccc1)CCCO. The smallest absolute Gasteiger partial charge is 0.0720 e. The van der Waals surface area contributed by atoms with Crippen molar-refractivity contribution < 1.29 is 9.84 Å². The molecule has 0 fully saturated rings. The van der Waals surface area contributed by atoms with Crippen LogP contribution in [0, 0.1) is 11.8 Å². The summed E-state index contributed by atoms with van der Waals surface area (Å²) in [7, 11) is 0. The van der Waals surface area contributed by atoms with Gasteiger partial charge in [0.05, 0.1) is 12.7 Å². The largest absolute Gasteiger partial charge is 0.396 e. The maximum atomic E-state index is 8.70. The number of allylic oxidation sites excluding steroid dienone is 1. The molecule has 0 aliphatic heterocycles. The first-order valence-corrected chi connectivity index (χ1v) is 6.65. The zero-order chi connectivity index (χ0) is 13.9. The Morgan fingerprint density at radius 1 is 1.37 bits per heavy atom. The predicted octanol–water partition coefficient (Wildman–Crippen LogP) is 3.31. The van der Waals surface area contributed by atoms with Crippen LogP contribution in [0.4, 0.5) is 0 Å². The zero-order valence-electron chi connectivity index (χ0n) is 11.6. The molecule has 2 heteroatoms. The molecule has 19 heavy (non-hydrogen) atoms.